The minimum absolute atomic E-state index is 0.109. The highest BCUT2D eigenvalue weighted by Gasteiger charge is 2.34. The van der Waals surface area contributed by atoms with Crippen molar-refractivity contribution >= 4 is 22.6 Å². The van der Waals surface area contributed by atoms with Crippen LogP contribution in [0.3, 0.4) is 0 Å². The van der Waals surface area contributed by atoms with Crippen molar-refractivity contribution < 1.29 is 23.5 Å². The Bertz CT molecular complexity index is 1730. The second-order valence-electron chi connectivity index (χ2n) is 8.39. The van der Waals surface area contributed by atoms with Gasteiger partial charge in [0.05, 0.1) is 47.9 Å². The van der Waals surface area contributed by atoms with Gasteiger partial charge in [-0.2, -0.15) is 5.26 Å². The summed E-state index contributed by atoms with van der Waals surface area (Å²) in [6.07, 6.45) is 0.201. The van der Waals surface area contributed by atoms with E-state index in [2.05, 4.69) is 17.9 Å². The summed E-state index contributed by atoms with van der Waals surface area (Å²) in [4.78, 5) is 39.5. The molecule has 0 unspecified atom stereocenters. The van der Waals surface area contributed by atoms with E-state index in [1.165, 1.54) is 25.2 Å². The van der Waals surface area contributed by atoms with Crippen LogP contribution in [0.2, 0.25) is 0 Å². The summed E-state index contributed by atoms with van der Waals surface area (Å²) < 4.78 is 16.5. The number of carbonyl (C=O) groups is 2. The third-order valence-corrected chi connectivity index (χ3v) is 6.26. The molecule has 0 fully saturated rings. The summed E-state index contributed by atoms with van der Waals surface area (Å²) in [6, 6.07) is 18.5. The predicted molar refractivity (Wildman–Crippen MR) is 139 cm³/mol. The Balaban J connectivity index is 1.57. The number of amides is 2. The number of benzene rings is 3. The molecule has 0 aliphatic carbocycles. The number of fused-ring (bicyclic) bond motifs is 2. The highest BCUT2D eigenvalue weighted by Crippen LogP contribution is 2.35. The van der Waals surface area contributed by atoms with Crippen LogP contribution < -0.4 is 15.1 Å². The number of nitrogens with zero attached hydrogens (tertiary/aromatic N) is 2. The van der Waals surface area contributed by atoms with Gasteiger partial charge in [0.2, 0.25) is 0 Å². The lowest BCUT2D eigenvalue weighted by molar-refractivity contribution is 0.0658. The van der Waals surface area contributed by atoms with Gasteiger partial charge in [-0.3, -0.25) is 14.5 Å². The molecule has 8 heteroatoms. The maximum absolute atomic E-state index is 13.0. The molecule has 186 valence electrons. The van der Waals surface area contributed by atoms with Crippen molar-refractivity contribution in [2.24, 2.45) is 0 Å². The standard InChI is InChI=1S/C30H20N2O6/c1-36-25-15-23-20(7-5-6-14-32-28(33)21-8-3-4-9-22(21)29(32)34)27(19-12-10-18(17-31)11-13-19)38-30(35)24(23)16-26(25)37-2/h3-4,8-13,15-16H,6,14H2,1-2H3. The maximum atomic E-state index is 13.0. The second-order valence-corrected chi connectivity index (χ2v) is 8.39. The fourth-order valence-corrected chi connectivity index (χ4v) is 4.36. The van der Waals surface area contributed by atoms with Crippen molar-refractivity contribution in [3.63, 3.8) is 0 Å². The molecule has 2 amide bonds. The lowest BCUT2D eigenvalue weighted by Crippen LogP contribution is -2.30. The molecule has 0 atom stereocenters. The van der Waals surface area contributed by atoms with Gasteiger partial charge in [-0.15, -0.1) is 0 Å². The average molecular weight is 504 g/mol. The number of methoxy groups -OCH3 is 2. The molecule has 38 heavy (non-hydrogen) atoms. The van der Waals surface area contributed by atoms with Crippen molar-refractivity contribution in [3.05, 3.63) is 93.3 Å². The SMILES string of the molecule is COc1cc2c(C#CCCN3C(=O)c4ccccc4C3=O)c(-c3ccc(C#N)cc3)oc(=O)c2cc1OC. The monoisotopic (exact) mass is 504 g/mol. The zero-order valence-corrected chi connectivity index (χ0v) is 20.5. The predicted octanol–water partition coefficient (Wildman–Crippen LogP) is 4.39. The van der Waals surface area contributed by atoms with E-state index in [9.17, 15) is 14.4 Å². The van der Waals surface area contributed by atoms with Gasteiger partial charge in [0.25, 0.3) is 11.8 Å². The Labute approximate surface area is 217 Å². The Morgan fingerprint density at radius 3 is 2.05 bits per heavy atom. The summed E-state index contributed by atoms with van der Waals surface area (Å²) >= 11 is 0. The van der Waals surface area contributed by atoms with Crippen molar-refractivity contribution in [2.45, 2.75) is 6.42 Å². The Morgan fingerprint density at radius 1 is 0.868 bits per heavy atom. The minimum Gasteiger partial charge on any atom is -0.493 e. The first-order valence-corrected chi connectivity index (χ1v) is 11.6. The normalized spacial score (nSPS) is 12.1. The zero-order chi connectivity index (χ0) is 26.8. The van der Waals surface area contributed by atoms with Crippen LogP contribution >= 0.6 is 0 Å². The van der Waals surface area contributed by atoms with E-state index in [-0.39, 0.29) is 35.9 Å². The van der Waals surface area contributed by atoms with Gasteiger partial charge in [-0.05, 0) is 48.5 Å². The van der Waals surface area contributed by atoms with E-state index in [4.69, 9.17) is 19.2 Å². The molecule has 0 N–H and O–H groups in total. The maximum Gasteiger partial charge on any atom is 0.344 e. The van der Waals surface area contributed by atoms with Crippen LogP contribution in [0.5, 0.6) is 11.5 Å². The molecule has 0 spiro atoms. The van der Waals surface area contributed by atoms with Gasteiger partial charge in [-0.25, -0.2) is 4.79 Å². The van der Waals surface area contributed by atoms with Crippen LogP contribution in [-0.4, -0.2) is 37.5 Å². The number of hydrogen-bond acceptors (Lipinski definition) is 7. The van der Waals surface area contributed by atoms with Crippen molar-refractivity contribution in [2.75, 3.05) is 20.8 Å². The molecular formula is C30H20N2O6. The third-order valence-electron chi connectivity index (χ3n) is 6.26. The molecule has 3 aromatic carbocycles. The molecule has 0 bridgehead atoms. The first-order chi connectivity index (χ1) is 18.5. The lowest BCUT2D eigenvalue weighted by Gasteiger charge is -2.12. The van der Waals surface area contributed by atoms with Gasteiger partial charge >= 0.3 is 5.63 Å². The summed E-state index contributed by atoms with van der Waals surface area (Å²) in [5.41, 5.74) is 1.61. The van der Waals surface area contributed by atoms with Crippen LogP contribution in [-0.2, 0) is 0 Å². The van der Waals surface area contributed by atoms with E-state index in [1.807, 2.05) is 0 Å². The molecule has 5 rings (SSSR count). The molecule has 8 nitrogen and oxygen atoms in total. The molecule has 1 aliphatic heterocycles. The Kier molecular flexibility index (Phi) is 6.39. The third kappa shape index (κ3) is 4.15. The van der Waals surface area contributed by atoms with Gasteiger partial charge in [0, 0.05) is 23.9 Å². The number of imide groups is 1. The van der Waals surface area contributed by atoms with Crippen LogP contribution in [0.1, 0.15) is 38.3 Å². The molecule has 1 aliphatic rings. The number of rotatable bonds is 5. The van der Waals surface area contributed by atoms with Gasteiger partial charge < -0.3 is 13.9 Å². The van der Waals surface area contributed by atoms with E-state index in [0.717, 1.165) is 0 Å². The fraction of sp³-hybridized carbons (Fsp3) is 0.133. The lowest BCUT2D eigenvalue weighted by atomic mass is 10.00. The van der Waals surface area contributed by atoms with Crippen LogP contribution in [0.25, 0.3) is 22.1 Å². The number of ether oxygens (including phenoxy) is 2. The van der Waals surface area contributed by atoms with E-state index in [1.54, 1.807) is 54.6 Å². The quantitative estimate of drug-likeness (QED) is 0.293. The summed E-state index contributed by atoms with van der Waals surface area (Å²) in [5, 5.41) is 9.90. The van der Waals surface area contributed by atoms with Gasteiger partial charge in [0.15, 0.2) is 17.3 Å². The summed E-state index contributed by atoms with van der Waals surface area (Å²) in [6.45, 7) is 0.109. The zero-order valence-electron chi connectivity index (χ0n) is 20.5. The molecule has 2 heterocycles. The van der Waals surface area contributed by atoms with E-state index < -0.39 is 5.63 Å². The fourth-order valence-electron chi connectivity index (χ4n) is 4.36. The smallest absolute Gasteiger partial charge is 0.344 e. The van der Waals surface area contributed by atoms with Crippen LogP contribution in [0.4, 0.5) is 0 Å². The van der Waals surface area contributed by atoms with Crippen molar-refractivity contribution in [3.8, 4) is 40.7 Å². The number of hydrogen-bond donors (Lipinski definition) is 0. The molecule has 0 saturated heterocycles. The van der Waals surface area contributed by atoms with Crippen molar-refractivity contribution in [1.29, 1.82) is 5.26 Å². The second kappa shape index (κ2) is 9.96. The van der Waals surface area contributed by atoms with Crippen LogP contribution in [0, 0.1) is 23.2 Å². The Hall–Kier alpha value is -5.34. The Morgan fingerprint density at radius 2 is 1.47 bits per heavy atom. The molecule has 0 radical (unpaired) electrons. The first-order valence-electron chi connectivity index (χ1n) is 11.6. The molecular weight excluding hydrogens is 484 g/mol. The largest absolute Gasteiger partial charge is 0.493 e. The van der Waals surface area contributed by atoms with Crippen LogP contribution in [0.15, 0.2) is 69.9 Å². The van der Waals surface area contributed by atoms with Crippen molar-refractivity contribution in [1.82, 2.24) is 4.90 Å². The summed E-state index contributed by atoms with van der Waals surface area (Å²) in [5.74, 6) is 6.41. The average Bonchev–Trinajstić information content (AvgIpc) is 3.20. The summed E-state index contributed by atoms with van der Waals surface area (Å²) in [7, 11) is 2.96. The molecule has 1 aromatic heterocycles. The minimum atomic E-state index is -0.586. The number of nitriles is 1. The topological polar surface area (TPSA) is 110 Å². The number of carbonyl (C=O) groups excluding carboxylic acids is 2. The highest BCUT2D eigenvalue weighted by atomic mass is 16.5. The molecule has 4 aromatic rings. The van der Waals surface area contributed by atoms with E-state index in [0.29, 0.717) is 44.7 Å². The van der Waals surface area contributed by atoms with Gasteiger partial charge in [-0.1, -0.05) is 24.0 Å². The van der Waals surface area contributed by atoms with Gasteiger partial charge in [0.1, 0.15) is 0 Å². The molecule has 0 saturated carbocycles. The first kappa shape index (κ1) is 24.4. The highest BCUT2D eigenvalue weighted by molar-refractivity contribution is 6.21. The van der Waals surface area contributed by atoms with E-state index >= 15 is 0 Å².